The van der Waals surface area contributed by atoms with Gasteiger partial charge in [0, 0.05) is 23.2 Å². The maximum absolute atomic E-state index is 12.0. The van der Waals surface area contributed by atoms with Crippen molar-refractivity contribution in [2.45, 2.75) is 12.3 Å². The predicted octanol–water partition coefficient (Wildman–Crippen LogP) is 3.01. The fourth-order valence-electron chi connectivity index (χ4n) is 3.54. The van der Waals surface area contributed by atoms with Crippen LogP contribution < -0.4 is 5.73 Å². The van der Waals surface area contributed by atoms with E-state index in [1.54, 1.807) is 6.07 Å². The van der Waals surface area contributed by atoms with Crippen LogP contribution in [0.4, 0.5) is 0 Å². The number of methoxy groups -OCH3 is 1. The van der Waals surface area contributed by atoms with Crippen LogP contribution >= 0.6 is 0 Å². The van der Waals surface area contributed by atoms with Crippen molar-refractivity contribution in [3.05, 3.63) is 65.9 Å². The van der Waals surface area contributed by atoms with Crippen molar-refractivity contribution in [1.82, 2.24) is 4.57 Å². The standard InChI is InChI=1S/C20H18N2O3/c1-25-20(24)14-6-4-8-18-13(14)9-10-22(18)17-7-3-2-5-12(17)15-11-16(15)19(21)23/h2-10,15-16H,11H2,1H3,(H2,21,23)/t15-,16+/m0/s1. The molecule has 1 heterocycles. The van der Waals surface area contributed by atoms with Gasteiger partial charge in [-0.1, -0.05) is 24.3 Å². The molecule has 1 aliphatic rings. The number of primary amides is 1. The van der Waals surface area contributed by atoms with Gasteiger partial charge in [-0.3, -0.25) is 4.79 Å². The molecule has 0 aliphatic heterocycles. The zero-order valence-corrected chi connectivity index (χ0v) is 13.8. The number of esters is 1. The average molecular weight is 334 g/mol. The van der Waals surface area contributed by atoms with Crippen LogP contribution in [0.25, 0.3) is 16.6 Å². The molecule has 0 saturated heterocycles. The summed E-state index contributed by atoms with van der Waals surface area (Å²) >= 11 is 0. The third-order valence-corrected chi connectivity index (χ3v) is 4.89. The van der Waals surface area contributed by atoms with E-state index in [1.165, 1.54) is 7.11 Å². The molecule has 4 rings (SSSR count). The number of hydrogen-bond acceptors (Lipinski definition) is 3. The fraction of sp³-hybridized carbons (Fsp3) is 0.200. The molecule has 1 aromatic heterocycles. The van der Waals surface area contributed by atoms with Gasteiger partial charge >= 0.3 is 5.97 Å². The van der Waals surface area contributed by atoms with Gasteiger partial charge in [-0.2, -0.15) is 0 Å². The average Bonchev–Trinajstić information content (AvgIpc) is 3.33. The van der Waals surface area contributed by atoms with Crippen LogP contribution in [0, 0.1) is 5.92 Å². The maximum Gasteiger partial charge on any atom is 0.338 e. The fourth-order valence-corrected chi connectivity index (χ4v) is 3.54. The number of carbonyl (C=O) groups excluding carboxylic acids is 2. The highest BCUT2D eigenvalue weighted by atomic mass is 16.5. The van der Waals surface area contributed by atoms with Crippen molar-refractivity contribution in [2.24, 2.45) is 11.7 Å². The van der Waals surface area contributed by atoms with Crippen LogP contribution in [-0.4, -0.2) is 23.6 Å². The van der Waals surface area contributed by atoms with Gasteiger partial charge in [0.15, 0.2) is 0 Å². The molecule has 1 saturated carbocycles. The van der Waals surface area contributed by atoms with E-state index in [1.807, 2.05) is 53.2 Å². The maximum atomic E-state index is 12.0. The second kappa shape index (κ2) is 5.77. The molecule has 2 N–H and O–H groups in total. The number of fused-ring (bicyclic) bond motifs is 1. The molecule has 2 aromatic carbocycles. The van der Waals surface area contributed by atoms with Crippen molar-refractivity contribution in [2.75, 3.05) is 7.11 Å². The molecule has 0 bridgehead atoms. The molecule has 25 heavy (non-hydrogen) atoms. The Kier molecular flexibility index (Phi) is 3.57. The molecule has 1 amide bonds. The summed E-state index contributed by atoms with van der Waals surface area (Å²) in [6.45, 7) is 0. The van der Waals surface area contributed by atoms with E-state index in [9.17, 15) is 9.59 Å². The van der Waals surface area contributed by atoms with Gasteiger partial charge in [0.25, 0.3) is 0 Å². The summed E-state index contributed by atoms with van der Waals surface area (Å²) in [4.78, 5) is 23.5. The van der Waals surface area contributed by atoms with E-state index in [2.05, 4.69) is 0 Å². The van der Waals surface area contributed by atoms with Crippen LogP contribution in [0.1, 0.15) is 28.3 Å². The quantitative estimate of drug-likeness (QED) is 0.745. The van der Waals surface area contributed by atoms with Crippen LogP contribution in [0.5, 0.6) is 0 Å². The van der Waals surface area contributed by atoms with Gasteiger partial charge in [0.2, 0.25) is 5.91 Å². The Morgan fingerprint density at radius 1 is 1.12 bits per heavy atom. The number of rotatable bonds is 4. The third kappa shape index (κ3) is 2.48. The molecule has 0 unspecified atom stereocenters. The van der Waals surface area contributed by atoms with Crippen molar-refractivity contribution in [3.8, 4) is 5.69 Å². The van der Waals surface area contributed by atoms with Crippen LogP contribution in [-0.2, 0) is 9.53 Å². The summed E-state index contributed by atoms with van der Waals surface area (Å²) < 4.78 is 6.92. The van der Waals surface area contributed by atoms with Gasteiger partial charge in [-0.05, 0) is 42.2 Å². The van der Waals surface area contributed by atoms with Crippen molar-refractivity contribution >= 4 is 22.8 Å². The van der Waals surface area contributed by atoms with Crippen molar-refractivity contribution < 1.29 is 14.3 Å². The molecule has 1 fully saturated rings. The Labute approximate surface area is 145 Å². The number of amides is 1. The number of hydrogen-bond donors (Lipinski definition) is 1. The molecule has 5 nitrogen and oxygen atoms in total. The minimum absolute atomic E-state index is 0.0893. The first-order chi connectivity index (χ1) is 12.1. The largest absolute Gasteiger partial charge is 0.465 e. The topological polar surface area (TPSA) is 74.3 Å². The Balaban J connectivity index is 1.84. The molecule has 1 aliphatic carbocycles. The highest BCUT2D eigenvalue weighted by Crippen LogP contribution is 2.49. The van der Waals surface area contributed by atoms with E-state index in [0.717, 1.165) is 28.6 Å². The van der Waals surface area contributed by atoms with E-state index in [0.29, 0.717) is 5.56 Å². The smallest absolute Gasteiger partial charge is 0.338 e. The summed E-state index contributed by atoms with van der Waals surface area (Å²) in [5, 5.41) is 0.839. The minimum atomic E-state index is -0.354. The normalized spacial score (nSPS) is 18.9. The first-order valence-electron chi connectivity index (χ1n) is 8.19. The van der Waals surface area contributed by atoms with Gasteiger partial charge in [0.1, 0.15) is 0 Å². The molecule has 0 radical (unpaired) electrons. The second-order valence-electron chi connectivity index (χ2n) is 6.33. The Bertz CT molecular complexity index is 990. The molecule has 2 atom stereocenters. The Morgan fingerprint density at radius 2 is 1.92 bits per heavy atom. The molecule has 126 valence electrons. The molecular formula is C20H18N2O3. The number of nitrogens with zero attached hydrogens (tertiary/aromatic N) is 1. The van der Waals surface area contributed by atoms with Gasteiger partial charge in [0.05, 0.1) is 18.2 Å². The molecular weight excluding hydrogens is 316 g/mol. The molecule has 5 heteroatoms. The first kappa shape index (κ1) is 15.4. The van der Waals surface area contributed by atoms with Gasteiger partial charge in [-0.15, -0.1) is 0 Å². The number of aromatic nitrogens is 1. The second-order valence-corrected chi connectivity index (χ2v) is 6.33. The minimum Gasteiger partial charge on any atom is -0.465 e. The lowest BCUT2D eigenvalue weighted by Crippen LogP contribution is -2.14. The summed E-state index contributed by atoms with van der Waals surface area (Å²) in [6.07, 6.45) is 2.73. The summed E-state index contributed by atoms with van der Waals surface area (Å²) in [5.74, 6) is -0.527. The molecule has 3 aromatic rings. The van der Waals surface area contributed by atoms with Gasteiger partial charge in [-0.25, -0.2) is 4.79 Å². The van der Waals surface area contributed by atoms with E-state index >= 15 is 0 Å². The zero-order chi connectivity index (χ0) is 17.6. The lowest BCUT2D eigenvalue weighted by Gasteiger charge is -2.12. The first-order valence-corrected chi connectivity index (χ1v) is 8.19. The SMILES string of the molecule is COC(=O)c1cccc2c1ccn2-c1ccccc1[C@@H]1C[C@H]1C(N)=O. The zero-order valence-electron chi connectivity index (χ0n) is 13.8. The Hall–Kier alpha value is -3.08. The van der Waals surface area contributed by atoms with Crippen LogP contribution in [0.3, 0.4) is 0 Å². The number of ether oxygens (including phenoxy) is 1. The van der Waals surface area contributed by atoms with E-state index in [-0.39, 0.29) is 23.7 Å². The van der Waals surface area contributed by atoms with Crippen molar-refractivity contribution in [3.63, 3.8) is 0 Å². The Morgan fingerprint density at radius 3 is 2.64 bits per heavy atom. The summed E-state index contributed by atoms with van der Waals surface area (Å²) in [7, 11) is 1.38. The summed E-state index contributed by atoms with van der Waals surface area (Å²) in [6, 6.07) is 15.5. The monoisotopic (exact) mass is 334 g/mol. The highest BCUT2D eigenvalue weighted by Gasteiger charge is 2.43. The highest BCUT2D eigenvalue weighted by molar-refractivity contribution is 6.04. The van der Waals surface area contributed by atoms with Gasteiger partial charge < -0.3 is 15.0 Å². The summed E-state index contributed by atoms with van der Waals surface area (Å²) in [5.41, 5.74) is 9.03. The lowest BCUT2D eigenvalue weighted by molar-refractivity contribution is -0.119. The third-order valence-electron chi connectivity index (χ3n) is 4.89. The van der Waals surface area contributed by atoms with E-state index < -0.39 is 0 Å². The van der Waals surface area contributed by atoms with Crippen molar-refractivity contribution in [1.29, 1.82) is 0 Å². The molecule has 0 spiro atoms. The van der Waals surface area contributed by atoms with Crippen LogP contribution in [0.2, 0.25) is 0 Å². The predicted molar refractivity (Wildman–Crippen MR) is 94.7 cm³/mol. The number of benzene rings is 2. The number of nitrogens with two attached hydrogens (primary N) is 1. The van der Waals surface area contributed by atoms with Crippen LogP contribution in [0.15, 0.2) is 54.7 Å². The van der Waals surface area contributed by atoms with E-state index in [4.69, 9.17) is 10.5 Å². The lowest BCUT2D eigenvalue weighted by atomic mass is 10.1. The number of para-hydroxylation sites is 1. The number of carbonyl (C=O) groups is 2.